The van der Waals surface area contributed by atoms with Gasteiger partial charge in [0.25, 0.3) is 0 Å². The van der Waals surface area contributed by atoms with E-state index in [1.54, 1.807) is 0 Å². The number of benzene rings is 3. The minimum Gasteiger partial charge on any atom is -0.325 e. The predicted octanol–water partition coefficient (Wildman–Crippen LogP) is 6.34. The van der Waals surface area contributed by atoms with Crippen molar-refractivity contribution in [3.8, 4) is 17.1 Å². The van der Waals surface area contributed by atoms with Gasteiger partial charge in [0.1, 0.15) is 5.03 Å². The molecule has 2 heterocycles. The predicted molar refractivity (Wildman–Crippen MR) is 147 cm³/mol. The molecule has 6 nitrogen and oxygen atoms in total. The van der Waals surface area contributed by atoms with Crippen LogP contribution in [0.3, 0.4) is 0 Å². The molecule has 0 atom stereocenters. The minimum absolute atomic E-state index is 0.0780. The Bertz CT molecular complexity index is 1480. The van der Waals surface area contributed by atoms with Crippen LogP contribution in [0, 0.1) is 0 Å². The van der Waals surface area contributed by atoms with Crippen molar-refractivity contribution in [2.24, 2.45) is 0 Å². The van der Waals surface area contributed by atoms with Crippen LogP contribution in [0.4, 0.5) is 5.69 Å². The first kappa shape index (κ1) is 23.8. The summed E-state index contributed by atoms with van der Waals surface area (Å²) in [5.41, 5.74) is 5.53. The summed E-state index contributed by atoms with van der Waals surface area (Å²) in [6.07, 6.45) is 1.70. The highest BCUT2D eigenvalue weighted by atomic mass is 32.2. The van der Waals surface area contributed by atoms with Crippen LogP contribution < -0.4 is 5.32 Å². The van der Waals surface area contributed by atoms with Crippen LogP contribution in [0.5, 0.6) is 0 Å². The van der Waals surface area contributed by atoms with Gasteiger partial charge in [-0.15, -0.1) is 0 Å². The Morgan fingerprint density at radius 1 is 0.861 bits per heavy atom. The number of aryl methyl sites for hydroxylation is 2. The van der Waals surface area contributed by atoms with Crippen LogP contribution in [0.1, 0.15) is 25.1 Å². The van der Waals surface area contributed by atoms with Crippen molar-refractivity contribution in [2.75, 3.05) is 11.1 Å². The van der Waals surface area contributed by atoms with E-state index in [9.17, 15) is 4.79 Å². The van der Waals surface area contributed by atoms with Crippen LogP contribution >= 0.6 is 11.8 Å². The fraction of sp³-hybridized carbons (Fsp3) is 0.172. The maximum absolute atomic E-state index is 12.8. The molecule has 0 saturated heterocycles. The van der Waals surface area contributed by atoms with E-state index < -0.39 is 0 Å². The van der Waals surface area contributed by atoms with E-state index in [4.69, 9.17) is 15.1 Å². The molecule has 36 heavy (non-hydrogen) atoms. The first-order chi connectivity index (χ1) is 17.7. The number of anilines is 1. The highest BCUT2D eigenvalue weighted by molar-refractivity contribution is 8.00. The van der Waals surface area contributed by atoms with E-state index in [1.807, 2.05) is 89.6 Å². The molecule has 5 aromatic rings. The topological polar surface area (TPSA) is 72.7 Å². The largest absolute Gasteiger partial charge is 0.325 e. The molecule has 0 aliphatic heterocycles. The normalized spacial score (nSPS) is 11.1. The van der Waals surface area contributed by atoms with Gasteiger partial charge in [0, 0.05) is 11.3 Å². The van der Waals surface area contributed by atoms with Crippen LogP contribution in [-0.2, 0) is 17.6 Å². The Morgan fingerprint density at radius 3 is 2.22 bits per heavy atom. The lowest BCUT2D eigenvalue weighted by atomic mass is 10.1. The van der Waals surface area contributed by atoms with Gasteiger partial charge in [-0.2, -0.15) is 5.10 Å². The summed E-state index contributed by atoms with van der Waals surface area (Å²) in [4.78, 5) is 22.7. The number of para-hydroxylation sites is 1. The molecule has 1 amide bonds. The molecular weight excluding hydrogens is 466 g/mol. The maximum Gasteiger partial charge on any atom is 0.234 e. The van der Waals surface area contributed by atoms with E-state index >= 15 is 0 Å². The monoisotopic (exact) mass is 493 g/mol. The number of nitrogens with one attached hydrogen (secondary N) is 1. The Labute approximate surface area is 214 Å². The Hall–Kier alpha value is -3.97. The summed E-state index contributed by atoms with van der Waals surface area (Å²) in [6, 6.07) is 27.8. The lowest BCUT2D eigenvalue weighted by Crippen LogP contribution is -2.14. The van der Waals surface area contributed by atoms with Gasteiger partial charge < -0.3 is 5.32 Å². The number of hydrogen-bond donors (Lipinski definition) is 1. The van der Waals surface area contributed by atoms with E-state index in [2.05, 4.69) is 19.2 Å². The van der Waals surface area contributed by atoms with E-state index in [-0.39, 0.29) is 11.7 Å². The van der Waals surface area contributed by atoms with Crippen molar-refractivity contribution >= 4 is 34.4 Å². The summed E-state index contributed by atoms with van der Waals surface area (Å²) in [7, 11) is 0. The van der Waals surface area contributed by atoms with Gasteiger partial charge in [-0.3, -0.25) is 4.79 Å². The zero-order chi connectivity index (χ0) is 24.9. The van der Waals surface area contributed by atoms with Crippen LogP contribution in [0.15, 0.2) is 90.0 Å². The number of carbonyl (C=O) groups excluding carboxylic acids is 1. The van der Waals surface area contributed by atoms with Gasteiger partial charge in [-0.1, -0.05) is 86.3 Å². The van der Waals surface area contributed by atoms with Crippen molar-refractivity contribution in [2.45, 2.75) is 31.7 Å². The number of carbonyl (C=O) groups is 1. The van der Waals surface area contributed by atoms with Gasteiger partial charge in [-0.25, -0.2) is 14.6 Å². The molecule has 0 radical (unpaired) electrons. The zero-order valence-electron chi connectivity index (χ0n) is 20.3. The Balaban J connectivity index is 1.52. The van der Waals surface area contributed by atoms with Crippen molar-refractivity contribution in [3.63, 3.8) is 0 Å². The smallest absolute Gasteiger partial charge is 0.234 e. The fourth-order valence-electron chi connectivity index (χ4n) is 4.02. The number of aromatic nitrogens is 4. The molecule has 0 spiro atoms. The SMILES string of the molecule is CCc1ccc(NC(=O)CSc2nc(-c3ccccc3)nc3c2c(CC)nn3-c2ccccc2)cc1. The Morgan fingerprint density at radius 2 is 1.56 bits per heavy atom. The van der Waals surface area contributed by atoms with E-state index in [0.29, 0.717) is 5.82 Å². The van der Waals surface area contributed by atoms with Gasteiger partial charge in [0.2, 0.25) is 5.91 Å². The number of amides is 1. The van der Waals surface area contributed by atoms with E-state index in [1.165, 1.54) is 17.3 Å². The molecule has 0 fully saturated rings. The molecule has 7 heteroatoms. The van der Waals surface area contributed by atoms with Crippen LogP contribution in [0.2, 0.25) is 0 Å². The van der Waals surface area contributed by atoms with Crippen LogP contribution in [-0.4, -0.2) is 31.4 Å². The highest BCUT2D eigenvalue weighted by Crippen LogP contribution is 2.32. The third-order valence-corrected chi connectivity index (χ3v) is 6.90. The molecule has 0 bridgehead atoms. The standard InChI is InChI=1S/C29H27N5OS/c1-3-20-15-17-22(18-16-20)30-25(35)19-36-29-26-24(4-2)33-34(23-13-9-6-10-14-23)28(26)31-27(32-29)21-11-7-5-8-12-21/h5-18H,3-4,19H2,1-2H3,(H,30,35). The minimum atomic E-state index is -0.0780. The lowest BCUT2D eigenvalue weighted by Gasteiger charge is -2.09. The summed E-state index contributed by atoms with van der Waals surface area (Å²) in [5.74, 6) is 0.766. The average Bonchev–Trinajstić information content (AvgIpc) is 3.32. The van der Waals surface area contributed by atoms with Gasteiger partial charge in [0.05, 0.1) is 22.5 Å². The number of nitrogens with zero attached hydrogens (tertiary/aromatic N) is 4. The average molecular weight is 494 g/mol. The summed E-state index contributed by atoms with van der Waals surface area (Å²) >= 11 is 1.42. The molecule has 0 unspecified atom stereocenters. The molecule has 3 aromatic carbocycles. The van der Waals surface area contributed by atoms with Crippen molar-refractivity contribution in [1.82, 2.24) is 19.7 Å². The molecule has 180 valence electrons. The molecule has 5 rings (SSSR count). The molecule has 0 aliphatic carbocycles. The number of hydrogen-bond acceptors (Lipinski definition) is 5. The number of fused-ring (bicyclic) bond motifs is 1. The third kappa shape index (κ3) is 5.02. The van der Waals surface area contributed by atoms with Gasteiger partial charge in [-0.05, 0) is 42.7 Å². The van der Waals surface area contributed by atoms with Gasteiger partial charge in [0.15, 0.2) is 11.5 Å². The zero-order valence-corrected chi connectivity index (χ0v) is 21.1. The number of rotatable bonds is 8. The second-order valence-electron chi connectivity index (χ2n) is 8.35. The van der Waals surface area contributed by atoms with Crippen LogP contribution in [0.25, 0.3) is 28.1 Å². The molecule has 1 N–H and O–H groups in total. The first-order valence-electron chi connectivity index (χ1n) is 12.1. The van der Waals surface area contributed by atoms with Crippen molar-refractivity contribution in [1.29, 1.82) is 0 Å². The fourth-order valence-corrected chi connectivity index (χ4v) is 4.87. The summed E-state index contributed by atoms with van der Waals surface area (Å²) in [5, 5.41) is 9.53. The van der Waals surface area contributed by atoms with Crippen molar-refractivity contribution in [3.05, 3.63) is 96.2 Å². The lowest BCUT2D eigenvalue weighted by molar-refractivity contribution is -0.113. The maximum atomic E-state index is 12.8. The Kier molecular flexibility index (Phi) is 7.09. The van der Waals surface area contributed by atoms with Gasteiger partial charge >= 0.3 is 0 Å². The first-order valence-corrected chi connectivity index (χ1v) is 13.1. The molecule has 0 aliphatic rings. The second kappa shape index (κ2) is 10.7. The summed E-state index contributed by atoms with van der Waals surface area (Å²) in [6.45, 7) is 4.18. The highest BCUT2D eigenvalue weighted by Gasteiger charge is 2.20. The quantitative estimate of drug-likeness (QED) is 0.202. The van der Waals surface area contributed by atoms with E-state index in [0.717, 1.165) is 51.5 Å². The molecular formula is C29H27N5OS. The molecule has 2 aromatic heterocycles. The third-order valence-electron chi connectivity index (χ3n) is 5.92. The number of thioether (sulfide) groups is 1. The summed E-state index contributed by atoms with van der Waals surface area (Å²) < 4.78 is 1.88. The second-order valence-corrected chi connectivity index (χ2v) is 9.32. The van der Waals surface area contributed by atoms with Crippen molar-refractivity contribution < 1.29 is 4.79 Å². The molecule has 0 saturated carbocycles.